The molecule has 0 aliphatic heterocycles. The molecule has 2 aromatic carbocycles. The van der Waals surface area contributed by atoms with E-state index in [0.29, 0.717) is 5.82 Å². The second kappa shape index (κ2) is 10.5. The summed E-state index contributed by atoms with van der Waals surface area (Å²) in [5, 5.41) is 3.07. The lowest BCUT2D eigenvalue weighted by atomic mass is 9.85. The maximum atomic E-state index is 12.6. The van der Waals surface area contributed by atoms with Crippen LogP contribution in [0.15, 0.2) is 60.9 Å². The Morgan fingerprint density at radius 2 is 1.23 bits per heavy atom. The molecule has 1 amide bonds. The summed E-state index contributed by atoms with van der Waals surface area (Å²) in [6.45, 7) is 16.3. The molecule has 39 heavy (non-hydrogen) atoms. The van der Waals surface area contributed by atoms with E-state index >= 15 is 0 Å². The van der Waals surface area contributed by atoms with E-state index < -0.39 is 5.54 Å². The second-order valence-corrected chi connectivity index (χ2v) is 13.3. The minimum atomic E-state index is -0.972. The number of aromatic amines is 2. The van der Waals surface area contributed by atoms with Crippen molar-refractivity contribution in [3.05, 3.63) is 72.6 Å². The maximum Gasteiger partial charge on any atom is 0.240 e. The van der Waals surface area contributed by atoms with Gasteiger partial charge in [-0.3, -0.25) is 4.79 Å². The van der Waals surface area contributed by atoms with Crippen molar-refractivity contribution >= 4 is 5.91 Å². The molecule has 0 radical (unpaired) electrons. The van der Waals surface area contributed by atoms with Crippen molar-refractivity contribution < 1.29 is 4.79 Å². The number of nitrogens with one attached hydrogen (secondary N) is 3. The fourth-order valence-corrected chi connectivity index (χ4v) is 4.43. The van der Waals surface area contributed by atoms with Crippen LogP contribution in [0.3, 0.4) is 0 Å². The van der Waals surface area contributed by atoms with E-state index in [1.54, 1.807) is 13.8 Å². The number of hydrogen-bond donors (Lipinski definition) is 4. The Morgan fingerprint density at radius 1 is 0.769 bits per heavy atom. The highest BCUT2D eigenvalue weighted by Gasteiger charge is 2.33. The molecule has 1 unspecified atom stereocenters. The van der Waals surface area contributed by atoms with Crippen molar-refractivity contribution in [2.24, 2.45) is 16.6 Å². The van der Waals surface area contributed by atoms with Gasteiger partial charge in [0.05, 0.1) is 35.4 Å². The van der Waals surface area contributed by atoms with Crippen molar-refractivity contribution in [2.75, 3.05) is 0 Å². The molecular formula is C32H42N6O. The molecule has 7 heteroatoms. The first-order valence-electron chi connectivity index (χ1n) is 13.5. The number of benzene rings is 2. The molecule has 0 aliphatic rings. The number of hydrogen-bond acceptors (Lipinski definition) is 4. The Kier molecular flexibility index (Phi) is 7.59. The van der Waals surface area contributed by atoms with Crippen LogP contribution in [0.25, 0.3) is 33.6 Å². The predicted molar refractivity (Wildman–Crippen MR) is 159 cm³/mol. The number of aromatic nitrogens is 4. The van der Waals surface area contributed by atoms with Crippen LogP contribution in [-0.4, -0.2) is 31.4 Å². The first kappa shape index (κ1) is 28.3. The Labute approximate surface area is 232 Å². The summed E-state index contributed by atoms with van der Waals surface area (Å²) in [6, 6.07) is 16.6. The molecule has 0 saturated carbocycles. The largest absolute Gasteiger partial charge is 0.344 e. The van der Waals surface area contributed by atoms with Crippen LogP contribution in [-0.2, 0) is 11.2 Å². The molecule has 4 aromatic rings. The molecule has 7 nitrogen and oxygen atoms in total. The van der Waals surface area contributed by atoms with Gasteiger partial charge in [0.2, 0.25) is 5.91 Å². The highest BCUT2D eigenvalue weighted by molar-refractivity contribution is 5.85. The van der Waals surface area contributed by atoms with Crippen molar-refractivity contribution in [3.63, 3.8) is 0 Å². The average molecular weight is 527 g/mol. The van der Waals surface area contributed by atoms with Crippen LogP contribution in [0, 0.1) is 10.8 Å². The quantitative estimate of drug-likeness (QED) is 0.216. The molecule has 2 heterocycles. The lowest BCUT2D eigenvalue weighted by Gasteiger charge is -2.32. The highest BCUT2D eigenvalue weighted by atomic mass is 16.2. The van der Waals surface area contributed by atoms with E-state index in [1.807, 2.05) is 12.4 Å². The van der Waals surface area contributed by atoms with Crippen molar-refractivity contribution in [3.8, 4) is 33.6 Å². The average Bonchev–Trinajstić information content (AvgIpc) is 3.50. The van der Waals surface area contributed by atoms with Gasteiger partial charge in [-0.1, -0.05) is 90.1 Å². The number of rotatable bonds is 7. The fraction of sp³-hybridized carbons (Fsp3) is 0.406. The Hall–Kier alpha value is -3.71. The van der Waals surface area contributed by atoms with E-state index in [-0.39, 0.29) is 22.8 Å². The normalized spacial score (nSPS) is 13.4. The van der Waals surface area contributed by atoms with Gasteiger partial charge in [0.25, 0.3) is 0 Å². The minimum absolute atomic E-state index is 0.189. The molecule has 0 spiro atoms. The van der Waals surface area contributed by atoms with Crippen LogP contribution in [0.4, 0.5) is 0 Å². The zero-order valence-corrected chi connectivity index (χ0v) is 24.4. The van der Waals surface area contributed by atoms with Crippen LogP contribution >= 0.6 is 0 Å². The zero-order valence-electron chi connectivity index (χ0n) is 24.4. The van der Waals surface area contributed by atoms with Crippen LogP contribution in [0.1, 0.15) is 73.1 Å². The Morgan fingerprint density at radius 3 is 1.69 bits per heavy atom. The van der Waals surface area contributed by atoms with Gasteiger partial charge in [0, 0.05) is 6.42 Å². The number of nitrogens with two attached hydrogens (primary N) is 1. The van der Waals surface area contributed by atoms with E-state index in [1.165, 1.54) is 0 Å². The first-order chi connectivity index (χ1) is 18.1. The molecule has 0 bridgehead atoms. The van der Waals surface area contributed by atoms with Crippen molar-refractivity contribution in [1.82, 2.24) is 25.3 Å². The number of carbonyl (C=O) groups is 1. The third-order valence-corrected chi connectivity index (χ3v) is 6.65. The van der Waals surface area contributed by atoms with Crippen LogP contribution < -0.4 is 11.1 Å². The first-order valence-corrected chi connectivity index (χ1v) is 13.5. The van der Waals surface area contributed by atoms with E-state index in [4.69, 9.17) is 5.73 Å². The van der Waals surface area contributed by atoms with Crippen LogP contribution in [0.5, 0.6) is 0 Å². The summed E-state index contributed by atoms with van der Waals surface area (Å²) < 4.78 is 0. The van der Waals surface area contributed by atoms with Gasteiger partial charge in [0.15, 0.2) is 0 Å². The minimum Gasteiger partial charge on any atom is -0.344 e. The number of carbonyl (C=O) groups excluding carboxylic acids is 1. The molecule has 0 aliphatic carbocycles. The topological polar surface area (TPSA) is 112 Å². The van der Waals surface area contributed by atoms with Crippen molar-refractivity contribution in [2.45, 2.75) is 73.4 Å². The summed E-state index contributed by atoms with van der Waals surface area (Å²) in [4.78, 5) is 28.7. The zero-order chi connectivity index (χ0) is 28.6. The number of nitrogens with zero attached hydrogens (tertiary/aromatic N) is 2. The van der Waals surface area contributed by atoms with E-state index in [2.05, 4.69) is 115 Å². The number of amides is 1. The summed E-state index contributed by atoms with van der Waals surface area (Å²) in [5.74, 6) is 1.51. The molecule has 206 valence electrons. The molecule has 0 fully saturated rings. The Balaban J connectivity index is 1.49. The lowest BCUT2D eigenvalue weighted by Crippen LogP contribution is -2.52. The molecule has 0 saturated heterocycles. The summed E-state index contributed by atoms with van der Waals surface area (Å²) in [5.41, 5.74) is 11.3. The number of imidazole rings is 2. The third-order valence-electron chi connectivity index (χ3n) is 6.65. The van der Waals surface area contributed by atoms with Gasteiger partial charge in [-0.05, 0) is 46.9 Å². The van der Waals surface area contributed by atoms with Gasteiger partial charge in [-0.15, -0.1) is 0 Å². The molecular weight excluding hydrogens is 484 g/mol. The highest BCUT2D eigenvalue weighted by Crippen LogP contribution is 2.33. The maximum absolute atomic E-state index is 12.6. The van der Waals surface area contributed by atoms with E-state index in [9.17, 15) is 4.79 Å². The monoisotopic (exact) mass is 526 g/mol. The van der Waals surface area contributed by atoms with Gasteiger partial charge in [-0.25, -0.2) is 9.97 Å². The molecule has 4 rings (SSSR count). The van der Waals surface area contributed by atoms with Gasteiger partial charge >= 0.3 is 0 Å². The predicted octanol–water partition coefficient (Wildman–Crippen LogP) is 6.66. The SMILES string of the molecule is CC(C)(C)Cc1ncc(-c2ccc(-c3ccc(-c4cnc(C(NC(=O)C(C)(C)N)C(C)(C)C)[nH]4)cc3)cc2)[nH]1. The summed E-state index contributed by atoms with van der Waals surface area (Å²) in [7, 11) is 0. The van der Waals surface area contributed by atoms with Gasteiger partial charge in [0.1, 0.15) is 11.6 Å². The second-order valence-electron chi connectivity index (χ2n) is 13.3. The fourth-order valence-electron chi connectivity index (χ4n) is 4.43. The summed E-state index contributed by atoms with van der Waals surface area (Å²) >= 11 is 0. The number of H-pyrrole nitrogens is 2. The van der Waals surface area contributed by atoms with Crippen LogP contribution in [0.2, 0.25) is 0 Å². The standard InChI is InChI=1S/C32H42N6O/c1-30(2,3)17-26-34-18-24(36-26)22-13-9-20(10-14-22)21-11-15-23(16-12-21)25-19-35-28(37-25)27(31(4,5)6)38-29(39)32(7,8)33/h9-16,18-19,27H,17,33H2,1-8H3,(H,34,36)(H,35,37)(H,38,39). The molecule has 1 atom stereocenters. The van der Waals surface area contributed by atoms with Gasteiger partial charge in [-0.2, -0.15) is 0 Å². The van der Waals surface area contributed by atoms with Crippen molar-refractivity contribution in [1.29, 1.82) is 0 Å². The third kappa shape index (κ3) is 7.03. The van der Waals surface area contributed by atoms with E-state index in [0.717, 1.165) is 45.9 Å². The summed E-state index contributed by atoms with van der Waals surface area (Å²) in [6.07, 6.45) is 4.64. The molecule has 5 N–H and O–H groups in total. The molecule has 2 aromatic heterocycles. The smallest absolute Gasteiger partial charge is 0.240 e. The lowest BCUT2D eigenvalue weighted by molar-refractivity contribution is -0.126. The van der Waals surface area contributed by atoms with Gasteiger partial charge < -0.3 is 21.0 Å². The Bertz CT molecular complexity index is 1410.